The number of esters is 2. The lowest BCUT2D eigenvalue weighted by atomic mass is 10.1. The first-order valence-electron chi connectivity index (χ1n) is 8.33. The fraction of sp³-hybridized carbons (Fsp3) is 0.400. The Kier molecular flexibility index (Phi) is 28.6. The van der Waals surface area contributed by atoms with Gasteiger partial charge in [-0.15, -0.1) is 0 Å². The van der Waals surface area contributed by atoms with Crippen LogP contribution in [-0.2, 0) is 28.7 Å². The minimum absolute atomic E-state index is 0.0465. The maximum Gasteiger partial charge on any atom is 0.332 e. The molecule has 0 aliphatic rings. The van der Waals surface area contributed by atoms with Crippen LogP contribution >= 0.6 is 0 Å². The first-order chi connectivity index (χ1) is 13.4. The van der Waals surface area contributed by atoms with E-state index in [2.05, 4.69) is 35.8 Å². The van der Waals surface area contributed by atoms with E-state index in [0.717, 1.165) is 25.0 Å². The number of unbranched alkanes of at least 4 members (excludes halogenated alkanes) is 1. The van der Waals surface area contributed by atoms with Crippen LogP contribution in [0.5, 0.6) is 0 Å². The predicted octanol–water partition coefficient (Wildman–Crippen LogP) is 1.18. The molecule has 0 amide bonds. The number of methoxy groups -OCH3 is 1. The minimum atomic E-state index is -1.12. The monoisotopic (exact) mass is 415 g/mol. The zero-order valence-electron chi connectivity index (χ0n) is 17.3. The fourth-order valence-corrected chi connectivity index (χ4v) is 0.872. The summed E-state index contributed by atoms with van der Waals surface area (Å²) in [7, 11) is 1.33. The molecular weight excluding hydrogens is 384 g/mol. The van der Waals surface area contributed by atoms with Crippen LogP contribution in [0.4, 0.5) is 0 Å². The Labute approximate surface area is 171 Å². The number of carboxylic acids is 2. The third kappa shape index (κ3) is 36.5. The Morgan fingerprint density at radius 2 is 1.59 bits per heavy atom. The van der Waals surface area contributed by atoms with Crippen molar-refractivity contribution in [2.24, 2.45) is 0 Å². The van der Waals surface area contributed by atoms with Crippen LogP contribution in [0.2, 0.25) is 0 Å². The van der Waals surface area contributed by atoms with Gasteiger partial charge in [-0.25, -0.2) is 14.4 Å². The van der Waals surface area contributed by atoms with E-state index in [1.54, 1.807) is 6.92 Å². The number of hydrogen-bond acceptors (Lipinski definition) is 8. The molecule has 9 heteroatoms. The first kappa shape index (κ1) is 33.4. The highest BCUT2D eigenvalue weighted by atomic mass is 16.5. The van der Waals surface area contributed by atoms with Crippen LogP contribution in [0.1, 0.15) is 33.1 Å². The molecule has 0 bridgehead atoms. The van der Waals surface area contributed by atoms with E-state index >= 15 is 0 Å². The summed E-state index contributed by atoms with van der Waals surface area (Å²) in [5.41, 5.74) is 0.638. The van der Waals surface area contributed by atoms with Gasteiger partial charge in [0.25, 0.3) is 0 Å². The highest BCUT2D eigenvalue weighted by Crippen LogP contribution is 2.02. The molecular formula is C20H31O9-. The Hall–Kier alpha value is -3.20. The summed E-state index contributed by atoms with van der Waals surface area (Å²) in [5, 5.41) is 25.7. The third-order valence-corrected chi connectivity index (χ3v) is 2.33. The van der Waals surface area contributed by atoms with Crippen LogP contribution in [-0.4, -0.2) is 54.4 Å². The molecule has 0 fully saturated rings. The summed E-state index contributed by atoms with van der Waals surface area (Å²) in [4.78, 5) is 39.6. The molecule has 0 unspecified atom stereocenters. The van der Waals surface area contributed by atoms with Crippen molar-refractivity contribution in [2.45, 2.75) is 33.1 Å². The third-order valence-electron chi connectivity index (χ3n) is 2.33. The van der Waals surface area contributed by atoms with Gasteiger partial charge in [0.2, 0.25) is 0 Å². The lowest BCUT2D eigenvalue weighted by molar-refractivity contribution is -0.299. The number of rotatable bonds is 9. The zero-order chi connectivity index (χ0) is 23.8. The number of carbonyl (C=O) groups is 4. The summed E-state index contributed by atoms with van der Waals surface area (Å²) in [6, 6.07) is 0. The quantitative estimate of drug-likeness (QED) is 0.418. The molecule has 0 saturated heterocycles. The Bertz CT molecular complexity index is 548. The molecule has 0 saturated carbocycles. The predicted molar refractivity (Wildman–Crippen MR) is 107 cm³/mol. The van der Waals surface area contributed by atoms with Gasteiger partial charge in [-0.05, 0) is 25.3 Å². The van der Waals surface area contributed by atoms with E-state index in [9.17, 15) is 24.3 Å². The van der Waals surface area contributed by atoms with Gasteiger partial charge >= 0.3 is 17.9 Å². The van der Waals surface area contributed by atoms with Gasteiger partial charge in [0.15, 0.2) is 0 Å². The van der Waals surface area contributed by atoms with Crippen molar-refractivity contribution in [1.82, 2.24) is 0 Å². The molecule has 0 heterocycles. The van der Waals surface area contributed by atoms with E-state index in [1.807, 2.05) is 6.92 Å². The van der Waals surface area contributed by atoms with Gasteiger partial charge in [0.1, 0.15) is 6.61 Å². The summed E-state index contributed by atoms with van der Waals surface area (Å²) in [6.45, 7) is 16.3. The van der Waals surface area contributed by atoms with E-state index in [4.69, 9.17) is 10.2 Å². The van der Waals surface area contributed by atoms with Crippen LogP contribution in [0.25, 0.3) is 0 Å². The average molecular weight is 415 g/mol. The zero-order valence-corrected chi connectivity index (χ0v) is 17.3. The Morgan fingerprint density at radius 3 is 1.79 bits per heavy atom. The second kappa shape index (κ2) is 24.8. The number of carboxylic acid groups (broad SMARTS) is 2. The van der Waals surface area contributed by atoms with Gasteiger partial charge in [-0.1, -0.05) is 39.7 Å². The lowest BCUT2D eigenvalue weighted by Crippen LogP contribution is -2.23. The van der Waals surface area contributed by atoms with E-state index in [0.29, 0.717) is 12.0 Å². The number of carbonyl (C=O) groups excluding carboxylic acids is 3. The molecule has 0 spiro atoms. The fourth-order valence-electron chi connectivity index (χ4n) is 0.872. The Balaban J connectivity index is -0.000000147. The van der Waals surface area contributed by atoms with Gasteiger partial charge < -0.3 is 29.6 Å². The Morgan fingerprint density at radius 1 is 1.10 bits per heavy atom. The molecule has 0 atom stereocenters. The average Bonchev–Trinajstić information content (AvgIpc) is 2.70. The molecule has 29 heavy (non-hydrogen) atoms. The van der Waals surface area contributed by atoms with Gasteiger partial charge in [-0.2, -0.15) is 0 Å². The minimum Gasteiger partial charge on any atom is -0.545 e. The number of ether oxygens (including phenoxy) is 2. The van der Waals surface area contributed by atoms with Gasteiger partial charge in [0, 0.05) is 17.7 Å². The molecule has 0 radical (unpaired) electrons. The molecule has 0 aliphatic heterocycles. The largest absolute Gasteiger partial charge is 0.545 e. The summed E-state index contributed by atoms with van der Waals surface area (Å²) in [6.07, 6.45) is 4.31. The second-order valence-corrected chi connectivity index (χ2v) is 4.90. The SMILES string of the molecule is C=C(C)C(=O)OC.C=C(CCCC)C(=O)[O-].C=CC(=O)O.C=CC(=O)OCCO. The molecule has 0 aromatic rings. The molecule has 166 valence electrons. The van der Waals surface area contributed by atoms with E-state index in [1.165, 1.54) is 7.11 Å². The highest BCUT2D eigenvalue weighted by molar-refractivity contribution is 5.86. The summed E-state index contributed by atoms with van der Waals surface area (Å²) < 4.78 is 8.61. The molecule has 2 N–H and O–H groups in total. The normalized spacial score (nSPS) is 8.00. The van der Waals surface area contributed by atoms with E-state index < -0.39 is 17.9 Å². The van der Waals surface area contributed by atoms with Crippen molar-refractivity contribution >= 4 is 23.9 Å². The maximum absolute atomic E-state index is 10.2. The molecule has 0 aromatic heterocycles. The molecule has 9 nitrogen and oxygen atoms in total. The highest BCUT2D eigenvalue weighted by Gasteiger charge is 1.95. The molecule has 0 aromatic carbocycles. The number of aliphatic hydroxyl groups is 1. The van der Waals surface area contributed by atoms with Crippen LogP contribution < -0.4 is 5.11 Å². The molecule has 0 rings (SSSR count). The van der Waals surface area contributed by atoms with Gasteiger partial charge in [0.05, 0.1) is 19.7 Å². The second-order valence-electron chi connectivity index (χ2n) is 4.90. The first-order valence-corrected chi connectivity index (χ1v) is 8.33. The van der Waals surface area contributed by atoms with Crippen molar-refractivity contribution in [3.63, 3.8) is 0 Å². The smallest absolute Gasteiger partial charge is 0.332 e. The van der Waals surface area contributed by atoms with Gasteiger partial charge in [-0.3, -0.25) is 0 Å². The standard InChI is InChI=1S/C7H12O2.C5H8O3.C5H8O2.C3H4O2/c1-3-4-5-6(2)7(8)9;1-2-5(7)8-4-3-6;1-4(2)5(6)7-3;1-2-3(4)5/h2-5H2,1H3,(H,8,9);2,6H,1,3-4H2;1H2,2-3H3;2H,1H2,(H,4,5)/p-1. The van der Waals surface area contributed by atoms with E-state index in [-0.39, 0.29) is 24.8 Å². The maximum atomic E-state index is 10.2. The molecule has 0 aliphatic carbocycles. The summed E-state index contributed by atoms with van der Waals surface area (Å²) in [5.74, 6) is -2.95. The van der Waals surface area contributed by atoms with Crippen molar-refractivity contribution in [2.75, 3.05) is 20.3 Å². The van der Waals surface area contributed by atoms with Crippen molar-refractivity contribution in [3.05, 3.63) is 49.6 Å². The lowest BCUT2D eigenvalue weighted by Gasteiger charge is -2.03. The van der Waals surface area contributed by atoms with Crippen molar-refractivity contribution in [1.29, 1.82) is 0 Å². The van der Waals surface area contributed by atoms with Crippen LogP contribution in [0, 0.1) is 0 Å². The topological polar surface area (TPSA) is 150 Å². The van der Waals surface area contributed by atoms with Crippen LogP contribution in [0.3, 0.4) is 0 Å². The van der Waals surface area contributed by atoms with Crippen molar-refractivity contribution < 1.29 is 44.0 Å². The summed E-state index contributed by atoms with van der Waals surface area (Å²) >= 11 is 0. The number of aliphatic carboxylic acids is 2. The van der Waals surface area contributed by atoms with Crippen LogP contribution in [0.15, 0.2) is 49.6 Å². The van der Waals surface area contributed by atoms with Crippen molar-refractivity contribution in [3.8, 4) is 0 Å². The number of hydrogen-bond donors (Lipinski definition) is 2. The number of aliphatic hydroxyl groups excluding tert-OH is 1.